The van der Waals surface area contributed by atoms with Crippen molar-refractivity contribution in [2.75, 3.05) is 77.4 Å². The molecule has 2 aliphatic rings. The quantitative estimate of drug-likeness (QED) is 0.229. The molecule has 0 spiro atoms. The van der Waals surface area contributed by atoms with E-state index in [-0.39, 0.29) is 24.0 Å². The molecule has 2 fully saturated rings. The molecule has 0 atom stereocenters. The Morgan fingerprint density at radius 1 is 0.867 bits per heavy atom. The van der Waals surface area contributed by atoms with Crippen LogP contribution >= 0.6 is 24.0 Å². The predicted octanol–water partition coefficient (Wildman–Crippen LogP) is 1.65. The Bertz CT molecular complexity index is 584. The molecular formula is C21H39IN8. The number of hydrogen-bond donors (Lipinski definition) is 2. The van der Waals surface area contributed by atoms with Crippen LogP contribution in [0.4, 0.5) is 5.95 Å². The zero-order valence-electron chi connectivity index (χ0n) is 18.4. The van der Waals surface area contributed by atoms with Crippen LogP contribution in [0.5, 0.6) is 0 Å². The number of nitrogens with zero attached hydrogens (tertiary/aromatic N) is 6. The van der Waals surface area contributed by atoms with Crippen molar-refractivity contribution in [1.29, 1.82) is 0 Å². The fraction of sp³-hybridized carbons (Fsp3) is 0.762. The number of halogens is 1. The van der Waals surface area contributed by atoms with E-state index in [2.05, 4.69) is 40.3 Å². The maximum absolute atomic E-state index is 4.36. The number of aromatic nitrogens is 2. The van der Waals surface area contributed by atoms with Crippen LogP contribution in [-0.2, 0) is 0 Å². The van der Waals surface area contributed by atoms with Crippen LogP contribution in [0.1, 0.15) is 32.1 Å². The van der Waals surface area contributed by atoms with Crippen LogP contribution in [0, 0.1) is 0 Å². The third kappa shape index (κ3) is 8.89. The van der Waals surface area contributed by atoms with Gasteiger partial charge in [0.2, 0.25) is 5.95 Å². The van der Waals surface area contributed by atoms with Gasteiger partial charge in [-0.2, -0.15) is 0 Å². The van der Waals surface area contributed by atoms with Gasteiger partial charge in [0.1, 0.15) is 0 Å². The average molecular weight is 531 g/mol. The Hall–Kier alpha value is -1.20. The summed E-state index contributed by atoms with van der Waals surface area (Å²) >= 11 is 0. The lowest BCUT2D eigenvalue weighted by atomic mass is 10.2. The normalized spacial score (nSPS) is 19.1. The molecule has 8 nitrogen and oxygen atoms in total. The van der Waals surface area contributed by atoms with Gasteiger partial charge >= 0.3 is 0 Å². The van der Waals surface area contributed by atoms with Gasteiger partial charge < -0.3 is 20.4 Å². The lowest BCUT2D eigenvalue weighted by molar-refractivity contribution is 0.260. The molecule has 0 bridgehead atoms. The third-order valence-electron chi connectivity index (χ3n) is 5.79. The second kappa shape index (κ2) is 14.7. The first kappa shape index (κ1) is 25.1. The van der Waals surface area contributed by atoms with Gasteiger partial charge in [-0.05, 0) is 45.0 Å². The van der Waals surface area contributed by atoms with Crippen molar-refractivity contribution in [3.63, 3.8) is 0 Å². The van der Waals surface area contributed by atoms with Crippen LogP contribution < -0.4 is 15.5 Å². The molecule has 2 N–H and O–H groups in total. The van der Waals surface area contributed by atoms with Crippen molar-refractivity contribution in [2.24, 2.45) is 4.99 Å². The average Bonchev–Trinajstić information content (AvgIpc) is 3.05. The number of anilines is 1. The van der Waals surface area contributed by atoms with Crippen LogP contribution in [0.3, 0.4) is 0 Å². The summed E-state index contributed by atoms with van der Waals surface area (Å²) in [5, 5.41) is 6.91. The van der Waals surface area contributed by atoms with Crippen molar-refractivity contribution in [3.8, 4) is 0 Å². The molecule has 9 heteroatoms. The molecule has 0 aromatic carbocycles. The maximum Gasteiger partial charge on any atom is 0.225 e. The second-order valence-electron chi connectivity index (χ2n) is 7.91. The van der Waals surface area contributed by atoms with E-state index in [0.29, 0.717) is 0 Å². The van der Waals surface area contributed by atoms with Crippen LogP contribution in [-0.4, -0.2) is 98.2 Å². The van der Waals surface area contributed by atoms with E-state index < -0.39 is 0 Å². The zero-order chi connectivity index (χ0) is 20.2. The fourth-order valence-electron chi connectivity index (χ4n) is 4.05. The van der Waals surface area contributed by atoms with Crippen molar-refractivity contribution >= 4 is 35.9 Å². The molecule has 0 unspecified atom stereocenters. The van der Waals surface area contributed by atoms with E-state index in [1.54, 1.807) is 0 Å². The molecule has 3 rings (SSSR count). The van der Waals surface area contributed by atoms with Gasteiger partial charge in [-0.25, -0.2) is 9.97 Å². The third-order valence-corrected chi connectivity index (χ3v) is 5.79. The van der Waals surface area contributed by atoms with Crippen LogP contribution in [0.15, 0.2) is 23.5 Å². The molecule has 30 heavy (non-hydrogen) atoms. The fourth-order valence-corrected chi connectivity index (χ4v) is 4.05. The van der Waals surface area contributed by atoms with Gasteiger partial charge in [-0.3, -0.25) is 9.89 Å². The number of likely N-dealkylation sites (tertiary alicyclic amines) is 1. The van der Waals surface area contributed by atoms with E-state index in [4.69, 9.17) is 0 Å². The number of piperazine rings is 1. The summed E-state index contributed by atoms with van der Waals surface area (Å²) in [5.74, 6) is 1.76. The van der Waals surface area contributed by atoms with Gasteiger partial charge in [0.25, 0.3) is 0 Å². The maximum atomic E-state index is 4.36. The SMILES string of the molecule is CN=C(NCCCN1CCCCCC1)NCCN1CCN(c2ncccn2)CC1.I. The Labute approximate surface area is 198 Å². The van der Waals surface area contributed by atoms with Crippen LogP contribution in [0.25, 0.3) is 0 Å². The molecule has 1 aromatic heterocycles. The summed E-state index contributed by atoms with van der Waals surface area (Å²) in [6.07, 6.45) is 10.3. The Balaban J connectivity index is 0.00000320. The molecule has 0 radical (unpaired) electrons. The number of guanidine groups is 1. The molecule has 170 valence electrons. The summed E-state index contributed by atoms with van der Waals surface area (Å²) < 4.78 is 0. The molecular weight excluding hydrogens is 491 g/mol. The first-order valence-electron chi connectivity index (χ1n) is 11.3. The van der Waals surface area contributed by atoms with Gasteiger partial charge in [0, 0.05) is 65.3 Å². The lowest BCUT2D eigenvalue weighted by Gasteiger charge is -2.34. The summed E-state index contributed by atoms with van der Waals surface area (Å²) in [7, 11) is 1.85. The van der Waals surface area contributed by atoms with Gasteiger partial charge in [0.15, 0.2) is 5.96 Å². The molecule has 0 saturated carbocycles. The Kier molecular flexibility index (Phi) is 12.3. The summed E-state index contributed by atoms with van der Waals surface area (Å²) in [6.45, 7) is 10.7. The van der Waals surface area contributed by atoms with E-state index in [1.165, 1.54) is 51.7 Å². The van der Waals surface area contributed by atoms with Crippen LogP contribution in [0.2, 0.25) is 0 Å². The van der Waals surface area contributed by atoms with E-state index in [9.17, 15) is 0 Å². The van der Waals surface area contributed by atoms with Crippen molar-refractivity contribution < 1.29 is 0 Å². The van der Waals surface area contributed by atoms with Gasteiger partial charge in [-0.15, -0.1) is 24.0 Å². The summed E-state index contributed by atoms with van der Waals surface area (Å²) in [5.41, 5.74) is 0. The molecule has 1 aromatic rings. The zero-order valence-corrected chi connectivity index (χ0v) is 20.8. The largest absolute Gasteiger partial charge is 0.356 e. The smallest absolute Gasteiger partial charge is 0.225 e. The minimum atomic E-state index is 0. The molecule has 2 aliphatic heterocycles. The highest BCUT2D eigenvalue weighted by Gasteiger charge is 2.18. The van der Waals surface area contributed by atoms with Gasteiger partial charge in [0.05, 0.1) is 0 Å². The monoisotopic (exact) mass is 530 g/mol. The number of hydrogen-bond acceptors (Lipinski definition) is 6. The lowest BCUT2D eigenvalue weighted by Crippen LogP contribution is -2.49. The standard InChI is InChI=1S/C21H38N8.HI/c1-22-20(23-10-7-14-27-12-4-2-3-5-13-27)24-11-15-28-16-18-29(19-17-28)21-25-8-6-9-26-21;/h6,8-9H,2-5,7,10-19H2,1H3,(H2,22,23,24);1H. The predicted molar refractivity (Wildman–Crippen MR) is 135 cm³/mol. The Morgan fingerprint density at radius 2 is 1.50 bits per heavy atom. The van der Waals surface area contributed by atoms with Crippen molar-refractivity contribution in [1.82, 2.24) is 30.4 Å². The van der Waals surface area contributed by atoms with Gasteiger partial charge in [-0.1, -0.05) is 12.8 Å². The highest BCUT2D eigenvalue weighted by atomic mass is 127. The number of aliphatic imine (C=N–C) groups is 1. The highest BCUT2D eigenvalue weighted by Crippen LogP contribution is 2.10. The minimum Gasteiger partial charge on any atom is -0.356 e. The first-order valence-corrected chi connectivity index (χ1v) is 11.3. The summed E-state index contributed by atoms with van der Waals surface area (Å²) in [6, 6.07) is 1.86. The molecule has 0 amide bonds. The highest BCUT2D eigenvalue weighted by molar-refractivity contribution is 14.0. The Morgan fingerprint density at radius 3 is 2.17 bits per heavy atom. The molecule has 3 heterocycles. The van der Waals surface area contributed by atoms with E-state index in [1.807, 2.05) is 25.5 Å². The van der Waals surface area contributed by atoms with E-state index >= 15 is 0 Å². The molecule has 2 saturated heterocycles. The van der Waals surface area contributed by atoms with Crippen molar-refractivity contribution in [3.05, 3.63) is 18.5 Å². The second-order valence-corrected chi connectivity index (χ2v) is 7.91. The first-order chi connectivity index (χ1) is 14.3. The van der Waals surface area contributed by atoms with Crippen molar-refractivity contribution in [2.45, 2.75) is 32.1 Å². The topological polar surface area (TPSA) is 71.9 Å². The molecule has 0 aliphatic carbocycles. The summed E-state index contributed by atoms with van der Waals surface area (Å²) in [4.78, 5) is 20.4. The number of rotatable bonds is 8. The number of nitrogens with one attached hydrogen (secondary N) is 2. The minimum absolute atomic E-state index is 0. The van der Waals surface area contributed by atoms with E-state index in [0.717, 1.165) is 57.7 Å².